The third-order valence-corrected chi connectivity index (χ3v) is 5.65. The van der Waals surface area contributed by atoms with Gasteiger partial charge in [-0.05, 0) is 24.3 Å². The molecule has 2 heterocycles. The van der Waals surface area contributed by atoms with Gasteiger partial charge >= 0.3 is 6.18 Å². The summed E-state index contributed by atoms with van der Waals surface area (Å²) in [6, 6.07) is 0.788. The van der Waals surface area contributed by atoms with Gasteiger partial charge in [0.2, 0.25) is 11.8 Å². The first-order chi connectivity index (χ1) is 12.3. The van der Waals surface area contributed by atoms with E-state index in [1.165, 1.54) is 4.90 Å². The Hall–Kier alpha value is -2.09. The van der Waals surface area contributed by atoms with Crippen molar-refractivity contribution in [2.45, 2.75) is 12.6 Å². The minimum absolute atomic E-state index is 0.0840. The zero-order valence-corrected chi connectivity index (χ0v) is 14.2. The molecule has 1 aliphatic heterocycles. The van der Waals surface area contributed by atoms with Crippen LogP contribution in [0.5, 0.6) is 0 Å². The van der Waals surface area contributed by atoms with Gasteiger partial charge in [-0.3, -0.25) is 14.5 Å². The van der Waals surface area contributed by atoms with Crippen molar-refractivity contribution in [3.05, 3.63) is 35.0 Å². The number of pyridine rings is 1. The molecule has 4 atom stereocenters. The van der Waals surface area contributed by atoms with Gasteiger partial charge in [-0.1, -0.05) is 23.8 Å². The summed E-state index contributed by atoms with van der Waals surface area (Å²) in [5, 5.41) is 2.62. The Morgan fingerprint density at radius 2 is 1.81 bits per heavy atom. The summed E-state index contributed by atoms with van der Waals surface area (Å²) in [5.41, 5.74) is -0.936. The maximum atomic E-state index is 12.6. The van der Waals surface area contributed by atoms with Gasteiger partial charge in [0.05, 0.1) is 22.4 Å². The average Bonchev–Trinajstić information content (AvgIpc) is 3.24. The highest BCUT2D eigenvalue weighted by Gasteiger charge is 2.58. The van der Waals surface area contributed by atoms with E-state index in [4.69, 9.17) is 11.6 Å². The van der Waals surface area contributed by atoms with Crippen LogP contribution in [0.1, 0.15) is 12.0 Å². The Labute approximate surface area is 152 Å². The lowest BCUT2D eigenvalue weighted by atomic mass is 9.85. The summed E-state index contributed by atoms with van der Waals surface area (Å²) >= 11 is 5.83. The van der Waals surface area contributed by atoms with Crippen LogP contribution in [0.15, 0.2) is 24.4 Å². The molecule has 1 aromatic heterocycles. The molecule has 1 N–H and O–H groups in total. The van der Waals surface area contributed by atoms with E-state index in [1.54, 1.807) is 0 Å². The van der Waals surface area contributed by atoms with Crippen LogP contribution in [0.25, 0.3) is 0 Å². The maximum Gasteiger partial charge on any atom is 0.417 e. The number of halogens is 4. The minimum Gasteiger partial charge on any atom is -0.367 e. The quantitative estimate of drug-likeness (QED) is 0.639. The number of nitrogens with zero attached hydrogens (tertiary/aromatic N) is 2. The number of imide groups is 1. The van der Waals surface area contributed by atoms with E-state index in [1.807, 2.05) is 12.2 Å². The molecule has 0 radical (unpaired) electrons. The van der Waals surface area contributed by atoms with E-state index >= 15 is 0 Å². The molecule has 1 aromatic rings. The van der Waals surface area contributed by atoms with Crippen molar-refractivity contribution in [3.8, 4) is 0 Å². The summed E-state index contributed by atoms with van der Waals surface area (Å²) in [4.78, 5) is 30.0. The fourth-order valence-corrected chi connectivity index (χ4v) is 4.43. The number of anilines is 1. The van der Waals surface area contributed by atoms with E-state index in [2.05, 4.69) is 10.3 Å². The zero-order valence-electron chi connectivity index (χ0n) is 13.5. The number of carbonyl (C=O) groups excluding carboxylic acids is 2. The molecular weight excluding hydrogens is 371 g/mol. The second kappa shape index (κ2) is 5.97. The van der Waals surface area contributed by atoms with Gasteiger partial charge in [-0.2, -0.15) is 13.2 Å². The van der Waals surface area contributed by atoms with E-state index in [0.717, 1.165) is 12.5 Å². The number of fused-ring (bicyclic) bond motifs is 5. The fraction of sp³-hybridized carbons (Fsp3) is 0.471. The summed E-state index contributed by atoms with van der Waals surface area (Å²) in [6.45, 7) is 0.293. The molecule has 0 spiro atoms. The van der Waals surface area contributed by atoms with Gasteiger partial charge in [0.25, 0.3) is 0 Å². The van der Waals surface area contributed by atoms with E-state index < -0.39 is 11.7 Å². The molecule has 1 saturated heterocycles. The molecule has 1 saturated carbocycles. The Morgan fingerprint density at radius 1 is 1.19 bits per heavy atom. The van der Waals surface area contributed by atoms with Crippen LogP contribution in [0.3, 0.4) is 0 Å². The van der Waals surface area contributed by atoms with Crippen LogP contribution >= 0.6 is 11.6 Å². The van der Waals surface area contributed by atoms with Crippen LogP contribution < -0.4 is 5.32 Å². The van der Waals surface area contributed by atoms with Crippen molar-refractivity contribution in [3.63, 3.8) is 0 Å². The topological polar surface area (TPSA) is 62.3 Å². The number of carbonyl (C=O) groups is 2. The predicted molar refractivity (Wildman–Crippen MR) is 87.2 cm³/mol. The van der Waals surface area contributed by atoms with E-state index in [9.17, 15) is 22.8 Å². The van der Waals surface area contributed by atoms with Crippen molar-refractivity contribution in [1.29, 1.82) is 0 Å². The van der Waals surface area contributed by atoms with Crippen molar-refractivity contribution in [1.82, 2.24) is 9.88 Å². The Balaban J connectivity index is 1.39. The highest BCUT2D eigenvalue weighted by Crippen LogP contribution is 2.52. The molecule has 2 bridgehead atoms. The van der Waals surface area contributed by atoms with Crippen molar-refractivity contribution in [2.24, 2.45) is 23.7 Å². The first-order valence-corrected chi connectivity index (χ1v) is 8.65. The van der Waals surface area contributed by atoms with Crippen molar-refractivity contribution >= 4 is 29.2 Å². The minimum atomic E-state index is -4.52. The Kier molecular flexibility index (Phi) is 3.98. The third-order valence-electron chi connectivity index (χ3n) is 5.36. The number of rotatable bonds is 4. The molecule has 4 rings (SSSR count). The summed E-state index contributed by atoms with van der Waals surface area (Å²) < 4.78 is 37.9. The van der Waals surface area contributed by atoms with Gasteiger partial charge in [0.15, 0.2) is 0 Å². The van der Waals surface area contributed by atoms with Gasteiger partial charge < -0.3 is 5.32 Å². The molecule has 0 aromatic carbocycles. The standard InChI is InChI=1S/C17H15ClF3N3O2/c18-11-6-10(17(19,20)21)7-23-14(11)22-3-4-24-15(25)12-8-1-2-9(5-8)13(12)16(24)26/h1-2,6-9,12-13H,3-5H2,(H,22,23)/t8-,9-,12-,13-/m0/s1. The van der Waals surface area contributed by atoms with Crippen molar-refractivity contribution < 1.29 is 22.8 Å². The van der Waals surface area contributed by atoms with E-state index in [0.29, 0.717) is 6.20 Å². The lowest BCUT2D eigenvalue weighted by Gasteiger charge is -2.18. The highest BCUT2D eigenvalue weighted by molar-refractivity contribution is 6.33. The van der Waals surface area contributed by atoms with Gasteiger partial charge in [-0.25, -0.2) is 4.98 Å². The molecule has 9 heteroatoms. The van der Waals surface area contributed by atoms with Crippen LogP contribution in [0.4, 0.5) is 19.0 Å². The predicted octanol–water partition coefficient (Wildman–Crippen LogP) is 2.97. The van der Waals surface area contributed by atoms with E-state index in [-0.39, 0.29) is 59.4 Å². The number of hydrogen-bond donors (Lipinski definition) is 1. The molecule has 2 fully saturated rings. The number of allylic oxidation sites excluding steroid dienone is 2. The maximum absolute atomic E-state index is 12.6. The molecule has 2 aliphatic carbocycles. The summed E-state index contributed by atoms with van der Waals surface area (Å²) in [7, 11) is 0. The number of aromatic nitrogens is 1. The summed E-state index contributed by atoms with van der Waals surface area (Å²) in [6.07, 6.45) is 1.07. The average molecular weight is 386 g/mol. The van der Waals surface area contributed by atoms with Crippen LogP contribution in [-0.2, 0) is 15.8 Å². The smallest absolute Gasteiger partial charge is 0.367 e. The number of likely N-dealkylation sites (tertiary alicyclic amines) is 1. The SMILES string of the molecule is O=C1[C@@H]2[C@@H](C(=O)N1CCNc1ncc(C(F)(F)F)cc1Cl)[C@H]1C=C[C@H]2C1. The second-order valence-corrected chi connectivity index (χ2v) is 7.21. The molecule has 3 aliphatic rings. The van der Waals surface area contributed by atoms with Gasteiger partial charge in [-0.15, -0.1) is 0 Å². The molecule has 26 heavy (non-hydrogen) atoms. The summed E-state index contributed by atoms with van der Waals surface area (Å²) in [5.74, 6) is -0.470. The van der Waals surface area contributed by atoms with Crippen molar-refractivity contribution in [2.75, 3.05) is 18.4 Å². The van der Waals surface area contributed by atoms with Crippen LogP contribution in [0, 0.1) is 23.7 Å². The molecule has 2 amide bonds. The zero-order chi connectivity index (χ0) is 18.6. The molecular formula is C17H15ClF3N3O2. The second-order valence-electron chi connectivity index (χ2n) is 6.81. The van der Waals surface area contributed by atoms with Crippen LogP contribution in [-0.4, -0.2) is 34.8 Å². The molecule has 138 valence electrons. The Bertz CT molecular complexity index is 781. The largest absolute Gasteiger partial charge is 0.417 e. The monoisotopic (exact) mass is 385 g/mol. The number of nitrogens with one attached hydrogen (secondary N) is 1. The van der Waals surface area contributed by atoms with Gasteiger partial charge in [0, 0.05) is 19.3 Å². The third kappa shape index (κ3) is 2.67. The Morgan fingerprint density at radius 3 is 2.35 bits per heavy atom. The fourth-order valence-electron chi connectivity index (χ4n) is 4.19. The first-order valence-electron chi connectivity index (χ1n) is 8.27. The molecule has 0 unspecified atom stereocenters. The lowest BCUT2D eigenvalue weighted by molar-refractivity contribution is -0.140. The normalized spacial score (nSPS) is 29.6. The highest BCUT2D eigenvalue weighted by atomic mass is 35.5. The van der Waals surface area contributed by atoms with Crippen LogP contribution in [0.2, 0.25) is 5.02 Å². The lowest BCUT2D eigenvalue weighted by Crippen LogP contribution is -2.36. The number of hydrogen-bond acceptors (Lipinski definition) is 4. The van der Waals surface area contributed by atoms with Gasteiger partial charge in [0.1, 0.15) is 5.82 Å². The first kappa shape index (κ1) is 17.3. The number of amides is 2. The number of alkyl halides is 3. The molecule has 5 nitrogen and oxygen atoms in total.